The van der Waals surface area contributed by atoms with Gasteiger partial charge in [0.05, 0.1) is 22.2 Å². The summed E-state index contributed by atoms with van der Waals surface area (Å²) in [6.07, 6.45) is 4.49. The van der Waals surface area contributed by atoms with Crippen molar-refractivity contribution in [2.75, 3.05) is 0 Å². The molecule has 0 unspecified atom stereocenters. The van der Waals surface area contributed by atoms with Crippen LogP contribution in [0.25, 0.3) is 78.0 Å². The molecule has 2 heteroatoms. The minimum atomic E-state index is -0.0490. The standard InChI is InChI=1S/C51H38N2/c1-51(2)45-17-9-6-14-39(45)40-28-26-38(32-46(40)51)53-48-19-11-8-16-42(48)44-30-35(23-29-49(44)53)36-22-27-43-41-15-7-10-18-47(41)52(50(43)31-36)37-24-20-34(21-25-37)33-12-4-3-5-13-33/h3-21,23-26,28-32H,22,27H2,1-2H3. The van der Waals surface area contributed by atoms with Crippen LogP contribution < -0.4 is 0 Å². The molecule has 2 aliphatic carbocycles. The number of aromatic nitrogens is 2. The van der Waals surface area contributed by atoms with Crippen LogP contribution in [0.4, 0.5) is 0 Å². The summed E-state index contributed by atoms with van der Waals surface area (Å²) in [7, 11) is 0. The van der Waals surface area contributed by atoms with Gasteiger partial charge in [0.1, 0.15) is 0 Å². The minimum absolute atomic E-state index is 0.0490. The Hall–Kier alpha value is -6.38. The Kier molecular flexibility index (Phi) is 6.46. The maximum absolute atomic E-state index is 2.47. The first-order chi connectivity index (χ1) is 26.0. The zero-order valence-corrected chi connectivity index (χ0v) is 30.0. The molecule has 0 atom stereocenters. The zero-order chi connectivity index (χ0) is 35.3. The van der Waals surface area contributed by atoms with E-state index in [1.54, 1.807) is 0 Å². The van der Waals surface area contributed by atoms with Crippen LogP contribution >= 0.6 is 0 Å². The van der Waals surface area contributed by atoms with Gasteiger partial charge in [0, 0.05) is 32.9 Å². The Morgan fingerprint density at radius 2 is 1.06 bits per heavy atom. The molecule has 11 rings (SSSR count). The first kappa shape index (κ1) is 30.3. The molecule has 2 heterocycles. The van der Waals surface area contributed by atoms with Gasteiger partial charge in [-0.1, -0.05) is 129 Å². The summed E-state index contributed by atoms with van der Waals surface area (Å²) in [6.45, 7) is 4.73. The molecule has 53 heavy (non-hydrogen) atoms. The third kappa shape index (κ3) is 4.45. The number of hydrogen-bond donors (Lipinski definition) is 0. The van der Waals surface area contributed by atoms with Crippen LogP contribution in [0.15, 0.2) is 164 Å². The van der Waals surface area contributed by atoms with Gasteiger partial charge in [-0.2, -0.15) is 0 Å². The number of fused-ring (bicyclic) bond motifs is 9. The first-order valence-electron chi connectivity index (χ1n) is 18.8. The van der Waals surface area contributed by atoms with E-state index in [0.717, 1.165) is 12.8 Å². The van der Waals surface area contributed by atoms with Crippen molar-refractivity contribution in [2.24, 2.45) is 0 Å². The predicted octanol–water partition coefficient (Wildman–Crippen LogP) is 13.2. The normalized spacial score (nSPS) is 14.3. The average molecular weight is 679 g/mol. The number of aryl methyl sites for hydroxylation is 1. The zero-order valence-electron chi connectivity index (χ0n) is 30.0. The van der Waals surface area contributed by atoms with E-state index in [0.29, 0.717) is 0 Å². The number of benzene rings is 7. The number of para-hydroxylation sites is 2. The summed E-state index contributed by atoms with van der Waals surface area (Å²) in [6, 6.07) is 60.6. The van der Waals surface area contributed by atoms with Crippen LogP contribution in [0.5, 0.6) is 0 Å². The summed E-state index contributed by atoms with van der Waals surface area (Å²) < 4.78 is 4.94. The molecule has 0 N–H and O–H groups in total. The second-order valence-corrected chi connectivity index (χ2v) is 15.3. The van der Waals surface area contributed by atoms with Gasteiger partial charge in [-0.3, -0.25) is 0 Å². The number of nitrogens with zero attached hydrogens (tertiary/aromatic N) is 2. The van der Waals surface area contributed by atoms with Crippen molar-refractivity contribution >= 4 is 44.4 Å². The van der Waals surface area contributed by atoms with E-state index >= 15 is 0 Å². The lowest BCUT2D eigenvalue weighted by Gasteiger charge is -2.22. The van der Waals surface area contributed by atoms with Crippen molar-refractivity contribution in [2.45, 2.75) is 32.1 Å². The van der Waals surface area contributed by atoms with Gasteiger partial charge in [0.15, 0.2) is 0 Å². The van der Waals surface area contributed by atoms with Crippen molar-refractivity contribution in [3.8, 4) is 33.6 Å². The Morgan fingerprint density at radius 3 is 1.89 bits per heavy atom. The highest BCUT2D eigenvalue weighted by atomic mass is 15.0. The molecule has 0 fully saturated rings. The highest BCUT2D eigenvalue weighted by Gasteiger charge is 2.35. The lowest BCUT2D eigenvalue weighted by Crippen LogP contribution is -2.15. The maximum atomic E-state index is 2.47. The van der Waals surface area contributed by atoms with E-state index in [4.69, 9.17) is 0 Å². The minimum Gasteiger partial charge on any atom is -0.310 e. The van der Waals surface area contributed by atoms with Crippen LogP contribution in [0.2, 0.25) is 0 Å². The fraction of sp³-hybridized carbons (Fsp3) is 0.0980. The topological polar surface area (TPSA) is 9.86 Å². The van der Waals surface area contributed by atoms with Crippen molar-refractivity contribution < 1.29 is 0 Å². The van der Waals surface area contributed by atoms with Crippen LogP contribution in [-0.2, 0) is 11.8 Å². The van der Waals surface area contributed by atoms with E-state index in [2.05, 4.69) is 193 Å². The smallest absolute Gasteiger partial charge is 0.0541 e. The number of rotatable bonds is 4. The molecular weight excluding hydrogens is 641 g/mol. The largest absolute Gasteiger partial charge is 0.310 e. The van der Waals surface area contributed by atoms with Crippen LogP contribution in [0.3, 0.4) is 0 Å². The molecule has 2 aliphatic rings. The SMILES string of the molecule is CC1(C)c2ccccc2-c2ccc(-n3c4ccccc4c4cc(C5=Cc6c(c7ccccc7n6-c6ccc(-c7ccccc7)cc6)CC5)ccc43)cc21. The Bertz CT molecular complexity index is 2950. The Balaban J connectivity index is 1.04. The molecule has 0 spiro atoms. The molecule has 7 aromatic carbocycles. The van der Waals surface area contributed by atoms with E-state index in [1.807, 2.05) is 0 Å². The van der Waals surface area contributed by atoms with Gasteiger partial charge in [0.2, 0.25) is 0 Å². The molecule has 0 amide bonds. The third-order valence-corrected chi connectivity index (χ3v) is 12.1. The first-order valence-corrected chi connectivity index (χ1v) is 18.8. The van der Waals surface area contributed by atoms with Gasteiger partial charge in [-0.15, -0.1) is 0 Å². The fourth-order valence-electron chi connectivity index (χ4n) is 9.46. The van der Waals surface area contributed by atoms with Crippen molar-refractivity contribution in [1.82, 2.24) is 9.13 Å². The highest BCUT2D eigenvalue weighted by molar-refractivity contribution is 6.10. The molecular formula is C51H38N2. The lowest BCUT2D eigenvalue weighted by molar-refractivity contribution is 0.660. The van der Waals surface area contributed by atoms with Crippen molar-refractivity contribution in [1.29, 1.82) is 0 Å². The monoisotopic (exact) mass is 678 g/mol. The molecule has 9 aromatic rings. The molecule has 252 valence electrons. The van der Waals surface area contributed by atoms with Gasteiger partial charge < -0.3 is 9.13 Å². The van der Waals surface area contributed by atoms with Crippen molar-refractivity contribution in [3.63, 3.8) is 0 Å². The summed E-state index contributed by atoms with van der Waals surface area (Å²) in [5.74, 6) is 0. The molecule has 0 saturated heterocycles. The second-order valence-electron chi connectivity index (χ2n) is 15.3. The summed E-state index contributed by atoms with van der Waals surface area (Å²) in [5, 5.41) is 3.94. The molecule has 0 saturated carbocycles. The molecule has 2 nitrogen and oxygen atoms in total. The van der Waals surface area contributed by atoms with Crippen LogP contribution in [-0.4, -0.2) is 9.13 Å². The lowest BCUT2D eigenvalue weighted by atomic mass is 9.82. The summed E-state index contributed by atoms with van der Waals surface area (Å²) in [4.78, 5) is 0. The Labute approximate surface area is 309 Å². The fourth-order valence-corrected chi connectivity index (χ4v) is 9.46. The molecule has 2 aromatic heterocycles. The van der Waals surface area contributed by atoms with E-state index in [9.17, 15) is 0 Å². The Morgan fingerprint density at radius 1 is 0.434 bits per heavy atom. The predicted molar refractivity (Wildman–Crippen MR) is 223 cm³/mol. The maximum Gasteiger partial charge on any atom is 0.0541 e. The van der Waals surface area contributed by atoms with Crippen LogP contribution in [0, 0.1) is 0 Å². The molecule has 0 aliphatic heterocycles. The number of allylic oxidation sites excluding steroid dienone is 1. The van der Waals surface area contributed by atoms with Gasteiger partial charge >= 0.3 is 0 Å². The average Bonchev–Trinajstić information content (AvgIpc) is 3.81. The molecule has 0 radical (unpaired) electrons. The van der Waals surface area contributed by atoms with Crippen LogP contribution in [0.1, 0.15) is 48.2 Å². The quantitative estimate of drug-likeness (QED) is 0.175. The summed E-state index contributed by atoms with van der Waals surface area (Å²) in [5.41, 5.74) is 19.5. The van der Waals surface area contributed by atoms with Gasteiger partial charge in [0.25, 0.3) is 0 Å². The molecule has 0 bridgehead atoms. The van der Waals surface area contributed by atoms with Gasteiger partial charge in [-0.25, -0.2) is 0 Å². The van der Waals surface area contributed by atoms with Crippen molar-refractivity contribution in [3.05, 3.63) is 192 Å². The summed E-state index contributed by atoms with van der Waals surface area (Å²) >= 11 is 0. The second kappa shape index (κ2) is 11.3. The van der Waals surface area contributed by atoms with E-state index in [1.165, 1.54) is 99.9 Å². The number of hydrogen-bond acceptors (Lipinski definition) is 0. The van der Waals surface area contributed by atoms with Gasteiger partial charge in [-0.05, 0) is 118 Å². The van der Waals surface area contributed by atoms with E-state index in [-0.39, 0.29) is 5.41 Å². The highest BCUT2D eigenvalue weighted by Crippen LogP contribution is 2.49. The van der Waals surface area contributed by atoms with E-state index < -0.39 is 0 Å². The third-order valence-electron chi connectivity index (χ3n) is 12.1.